The third kappa shape index (κ3) is 1.33. The fraction of sp³-hybridized carbons (Fsp3) is 0.333. The van der Waals surface area contributed by atoms with E-state index >= 15 is 0 Å². The summed E-state index contributed by atoms with van der Waals surface area (Å²) in [5.74, 6) is 1.10. The van der Waals surface area contributed by atoms with Crippen LogP contribution in [0.3, 0.4) is 0 Å². The number of aromatic nitrogens is 3. The van der Waals surface area contributed by atoms with Crippen molar-refractivity contribution in [2.24, 2.45) is 0 Å². The number of aryl methyl sites for hydroxylation is 1. The lowest BCUT2D eigenvalue weighted by Gasteiger charge is -2.10. The molecule has 0 spiro atoms. The Kier molecular flexibility index (Phi) is 2.02. The molecule has 1 aromatic carbocycles. The molecular formula is C12H12FN3. The molecule has 0 aliphatic carbocycles. The van der Waals surface area contributed by atoms with Crippen molar-refractivity contribution in [3.8, 4) is 0 Å². The highest BCUT2D eigenvalue weighted by atomic mass is 19.1. The molecule has 16 heavy (non-hydrogen) atoms. The van der Waals surface area contributed by atoms with Gasteiger partial charge in [0.1, 0.15) is 5.82 Å². The summed E-state index contributed by atoms with van der Waals surface area (Å²) in [6.07, 6.45) is -0.550. The van der Waals surface area contributed by atoms with Gasteiger partial charge >= 0.3 is 0 Å². The number of benzene rings is 1. The fourth-order valence-corrected chi connectivity index (χ4v) is 2.24. The average molecular weight is 217 g/mol. The van der Waals surface area contributed by atoms with Gasteiger partial charge in [-0.2, -0.15) is 5.10 Å². The second-order valence-corrected chi connectivity index (χ2v) is 4.09. The van der Waals surface area contributed by atoms with Crippen molar-refractivity contribution in [2.45, 2.75) is 25.6 Å². The largest absolute Gasteiger partial charge is 0.239 e. The molecule has 3 nitrogen and oxygen atoms in total. The summed E-state index contributed by atoms with van der Waals surface area (Å²) in [5.41, 5.74) is 1.09. The van der Waals surface area contributed by atoms with Crippen LogP contribution in [0.2, 0.25) is 0 Å². The monoisotopic (exact) mass is 217 g/mol. The zero-order valence-electron chi connectivity index (χ0n) is 8.97. The summed E-state index contributed by atoms with van der Waals surface area (Å²) in [4.78, 5) is 4.12. The van der Waals surface area contributed by atoms with Gasteiger partial charge in [-0.25, -0.2) is 14.1 Å². The average Bonchev–Trinajstić information content (AvgIpc) is 2.80. The van der Waals surface area contributed by atoms with Crippen LogP contribution in [0.1, 0.15) is 35.8 Å². The van der Waals surface area contributed by atoms with Crippen molar-refractivity contribution in [1.29, 1.82) is 0 Å². The van der Waals surface area contributed by atoms with Gasteiger partial charge in [-0.1, -0.05) is 30.3 Å². The quantitative estimate of drug-likeness (QED) is 0.735. The number of hydrogen-bond donors (Lipinski definition) is 0. The van der Waals surface area contributed by atoms with Gasteiger partial charge in [-0.3, -0.25) is 0 Å². The van der Waals surface area contributed by atoms with Crippen molar-refractivity contribution in [3.05, 3.63) is 47.5 Å². The molecule has 0 saturated carbocycles. The minimum absolute atomic E-state index is 0.00704. The van der Waals surface area contributed by atoms with Crippen molar-refractivity contribution >= 4 is 0 Å². The highest BCUT2D eigenvalue weighted by Gasteiger charge is 2.34. The fourth-order valence-electron chi connectivity index (χ4n) is 2.24. The van der Waals surface area contributed by atoms with E-state index in [1.807, 2.05) is 30.3 Å². The summed E-state index contributed by atoms with van der Waals surface area (Å²) in [7, 11) is 0. The molecule has 2 heterocycles. The Labute approximate surface area is 92.9 Å². The molecule has 0 bridgehead atoms. The Morgan fingerprint density at radius 1 is 1.31 bits per heavy atom. The first-order valence-corrected chi connectivity index (χ1v) is 5.38. The van der Waals surface area contributed by atoms with Gasteiger partial charge in [0.05, 0.1) is 6.04 Å². The van der Waals surface area contributed by atoms with Gasteiger partial charge in [0.25, 0.3) is 0 Å². The predicted molar refractivity (Wildman–Crippen MR) is 57.8 cm³/mol. The number of rotatable bonds is 1. The number of alkyl halides is 1. The lowest BCUT2D eigenvalue weighted by atomic mass is 10.0. The van der Waals surface area contributed by atoms with E-state index in [1.165, 1.54) is 0 Å². The van der Waals surface area contributed by atoms with Crippen LogP contribution in [0.5, 0.6) is 0 Å². The van der Waals surface area contributed by atoms with Crippen LogP contribution >= 0.6 is 0 Å². The first-order chi connectivity index (χ1) is 7.75. The predicted octanol–water partition coefficient (Wildman–Crippen LogP) is 2.59. The van der Waals surface area contributed by atoms with E-state index in [-0.39, 0.29) is 6.04 Å². The molecule has 82 valence electrons. The number of halogens is 1. The Morgan fingerprint density at radius 3 is 2.81 bits per heavy atom. The first kappa shape index (κ1) is 9.51. The van der Waals surface area contributed by atoms with Crippen molar-refractivity contribution in [3.63, 3.8) is 0 Å². The number of fused-ring (bicyclic) bond motifs is 1. The van der Waals surface area contributed by atoms with Crippen LogP contribution in [0.15, 0.2) is 30.3 Å². The number of nitrogens with zero attached hydrogens (tertiary/aromatic N) is 3. The second kappa shape index (κ2) is 3.40. The lowest BCUT2D eigenvalue weighted by Crippen LogP contribution is -2.07. The van der Waals surface area contributed by atoms with E-state index in [2.05, 4.69) is 10.1 Å². The maximum Gasteiger partial charge on any atom is 0.162 e. The van der Waals surface area contributed by atoms with Gasteiger partial charge in [-0.05, 0) is 12.5 Å². The molecule has 1 aliphatic heterocycles. The highest BCUT2D eigenvalue weighted by Crippen LogP contribution is 2.38. The van der Waals surface area contributed by atoms with E-state index < -0.39 is 6.17 Å². The first-order valence-electron chi connectivity index (χ1n) is 5.38. The molecule has 4 heteroatoms. The van der Waals surface area contributed by atoms with Gasteiger partial charge in [-0.15, -0.1) is 0 Å². The summed E-state index contributed by atoms with van der Waals surface area (Å²) in [5, 5.41) is 4.26. The summed E-state index contributed by atoms with van der Waals surface area (Å²) >= 11 is 0. The van der Waals surface area contributed by atoms with Gasteiger partial charge in [0, 0.05) is 6.42 Å². The van der Waals surface area contributed by atoms with Crippen LogP contribution in [0.4, 0.5) is 4.39 Å². The lowest BCUT2D eigenvalue weighted by molar-refractivity contribution is 0.328. The Hall–Kier alpha value is -1.71. The second-order valence-electron chi connectivity index (χ2n) is 4.09. The number of hydrogen-bond acceptors (Lipinski definition) is 2. The molecule has 2 aromatic rings. The van der Waals surface area contributed by atoms with Crippen LogP contribution in [-0.2, 0) is 0 Å². The normalized spacial score (nSPS) is 23.4. The standard InChI is InChI=1S/C12H12FN3/c1-8-14-12-10(13)7-11(16(12)15-8)9-5-3-2-4-6-9/h2-6,10-11H,7H2,1H3. The van der Waals surface area contributed by atoms with Crippen molar-refractivity contribution < 1.29 is 4.39 Å². The third-order valence-corrected chi connectivity index (χ3v) is 2.95. The van der Waals surface area contributed by atoms with E-state index in [1.54, 1.807) is 11.6 Å². The smallest absolute Gasteiger partial charge is 0.162 e. The molecule has 1 aromatic heterocycles. The third-order valence-electron chi connectivity index (χ3n) is 2.95. The Morgan fingerprint density at radius 2 is 2.06 bits per heavy atom. The zero-order chi connectivity index (χ0) is 11.1. The van der Waals surface area contributed by atoms with Crippen LogP contribution in [-0.4, -0.2) is 14.8 Å². The molecule has 1 aliphatic rings. The molecule has 0 fully saturated rings. The molecule has 2 unspecified atom stereocenters. The topological polar surface area (TPSA) is 30.7 Å². The van der Waals surface area contributed by atoms with Crippen molar-refractivity contribution in [1.82, 2.24) is 14.8 Å². The van der Waals surface area contributed by atoms with E-state index in [9.17, 15) is 4.39 Å². The Bertz CT molecular complexity index is 506. The molecule has 0 saturated heterocycles. The zero-order valence-corrected chi connectivity index (χ0v) is 8.97. The van der Waals surface area contributed by atoms with E-state index in [0.717, 1.165) is 5.56 Å². The van der Waals surface area contributed by atoms with E-state index in [4.69, 9.17) is 0 Å². The van der Waals surface area contributed by atoms with Gasteiger partial charge in [0.15, 0.2) is 12.0 Å². The minimum Gasteiger partial charge on any atom is -0.239 e. The van der Waals surface area contributed by atoms with Crippen molar-refractivity contribution in [2.75, 3.05) is 0 Å². The summed E-state index contributed by atoms with van der Waals surface area (Å²) < 4.78 is 15.5. The van der Waals surface area contributed by atoms with Gasteiger partial charge < -0.3 is 0 Å². The maximum atomic E-state index is 13.7. The molecule has 0 N–H and O–H groups in total. The van der Waals surface area contributed by atoms with Gasteiger partial charge in [0.2, 0.25) is 0 Å². The maximum absolute atomic E-state index is 13.7. The summed E-state index contributed by atoms with van der Waals surface area (Å²) in [6, 6.07) is 9.88. The van der Waals surface area contributed by atoms with Crippen LogP contribution in [0, 0.1) is 6.92 Å². The summed E-state index contributed by atoms with van der Waals surface area (Å²) in [6.45, 7) is 1.79. The highest BCUT2D eigenvalue weighted by molar-refractivity contribution is 5.23. The molecule has 0 amide bonds. The molecular weight excluding hydrogens is 205 g/mol. The molecule has 2 atom stereocenters. The molecule has 0 radical (unpaired) electrons. The van der Waals surface area contributed by atoms with E-state index in [0.29, 0.717) is 18.1 Å². The SMILES string of the molecule is Cc1nc2n(n1)C(c1ccccc1)CC2F. The van der Waals surface area contributed by atoms with Crippen LogP contribution in [0.25, 0.3) is 0 Å². The minimum atomic E-state index is -0.994. The van der Waals surface area contributed by atoms with Crippen LogP contribution < -0.4 is 0 Å². The molecule has 3 rings (SSSR count). The Balaban J connectivity index is 2.06.